The quantitative estimate of drug-likeness (QED) is 0.646. The van der Waals surface area contributed by atoms with Gasteiger partial charge in [-0.2, -0.15) is 0 Å². The topological polar surface area (TPSA) is 92.6 Å². The zero-order valence-corrected chi connectivity index (χ0v) is 16.2. The van der Waals surface area contributed by atoms with E-state index in [1.54, 1.807) is 6.92 Å². The standard InChI is InChI=1S/C21H23N3O4/c1-13(2)21(26)23-9-8-15-4-6-18(11-17(15)12-23)22-20(25)16-5-7-19(24(27)28)14(3)10-16/h4-7,10-11,13H,8-9,12H2,1-3H3,(H,22,25). The molecule has 0 aromatic heterocycles. The van der Waals surface area contributed by atoms with Crippen LogP contribution in [-0.4, -0.2) is 28.2 Å². The number of carbonyl (C=O) groups is 2. The lowest BCUT2D eigenvalue weighted by molar-refractivity contribution is -0.385. The van der Waals surface area contributed by atoms with Crippen molar-refractivity contribution in [2.45, 2.75) is 33.7 Å². The molecule has 3 rings (SSSR count). The van der Waals surface area contributed by atoms with Crippen LogP contribution in [0.5, 0.6) is 0 Å². The normalized spacial score (nSPS) is 13.2. The van der Waals surface area contributed by atoms with E-state index in [1.807, 2.05) is 36.9 Å². The summed E-state index contributed by atoms with van der Waals surface area (Å²) in [6.45, 7) is 6.62. The summed E-state index contributed by atoms with van der Waals surface area (Å²) in [7, 11) is 0. The first kappa shape index (κ1) is 19.5. The van der Waals surface area contributed by atoms with Gasteiger partial charge < -0.3 is 10.2 Å². The molecule has 146 valence electrons. The Morgan fingerprint density at radius 1 is 1.14 bits per heavy atom. The molecule has 0 fully saturated rings. The number of nitro benzene ring substituents is 1. The minimum Gasteiger partial charge on any atom is -0.338 e. The lowest BCUT2D eigenvalue weighted by Crippen LogP contribution is -2.38. The summed E-state index contributed by atoms with van der Waals surface area (Å²) in [5, 5.41) is 13.8. The number of carbonyl (C=O) groups excluding carboxylic acids is 2. The third kappa shape index (κ3) is 4.03. The van der Waals surface area contributed by atoms with Gasteiger partial charge in [-0.25, -0.2) is 0 Å². The molecule has 0 bridgehead atoms. The number of hydrogen-bond donors (Lipinski definition) is 1. The smallest absolute Gasteiger partial charge is 0.272 e. The predicted molar refractivity (Wildman–Crippen MR) is 106 cm³/mol. The van der Waals surface area contributed by atoms with Crippen LogP contribution in [0.15, 0.2) is 36.4 Å². The largest absolute Gasteiger partial charge is 0.338 e. The summed E-state index contributed by atoms with van der Waals surface area (Å²) in [6.07, 6.45) is 0.795. The van der Waals surface area contributed by atoms with E-state index < -0.39 is 4.92 Å². The van der Waals surface area contributed by atoms with Crippen molar-refractivity contribution in [3.8, 4) is 0 Å². The molecule has 0 unspecified atom stereocenters. The molecule has 7 nitrogen and oxygen atoms in total. The second kappa shape index (κ2) is 7.80. The molecule has 0 atom stereocenters. The molecule has 28 heavy (non-hydrogen) atoms. The maximum absolute atomic E-state index is 12.5. The van der Waals surface area contributed by atoms with Crippen molar-refractivity contribution in [1.82, 2.24) is 4.90 Å². The number of benzene rings is 2. The molecule has 1 aliphatic rings. The van der Waals surface area contributed by atoms with Crippen LogP contribution in [0.1, 0.15) is 40.9 Å². The summed E-state index contributed by atoms with van der Waals surface area (Å²) < 4.78 is 0. The zero-order chi connectivity index (χ0) is 20.4. The van der Waals surface area contributed by atoms with Gasteiger partial charge in [0.25, 0.3) is 11.6 Å². The van der Waals surface area contributed by atoms with Crippen LogP contribution in [0.25, 0.3) is 0 Å². The lowest BCUT2D eigenvalue weighted by atomic mass is 9.98. The van der Waals surface area contributed by atoms with E-state index in [4.69, 9.17) is 0 Å². The van der Waals surface area contributed by atoms with Gasteiger partial charge in [0.2, 0.25) is 5.91 Å². The number of amides is 2. The number of hydrogen-bond acceptors (Lipinski definition) is 4. The van der Waals surface area contributed by atoms with Crippen molar-refractivity contribution in [2.75, 3.05) is 11.9 Å². The summed E-state index contributed by atoms with van der Waals surface area (Å²) in [5.41, 5.74) is 3.62. The molecule has 1 N–H and O–H groups in total. The molecule has 2 aromatic rings. The molecule has 0 aliphatic carbocycles. The Hall–Kier alpha value is -3.22. The number of fused-ring (bicyclic) bond motifs is 1. The second-order valence-electron chi connectivity index (χ2n) is 7.36. The SMILES string of the molecule is Cc1cc(C(=O)Nc2ccc3c(c2)CN(C(=O)C(C)C)CC3)ccc1[N+](=O)[O-]. The van der Waals surface area contributed by atoms with Gasteiger partial charge in [0.15, 0.2) is 0 Å². The first-order valence-electron chi connectivity index (χ1n) is 9.23. The first-order chi connectivity index (χ1) is 13.3. The summed E-state index contributed by atoms with van der Waals surface area (Å²) >= 11 is 0. The molecular weight excluding hydrogens is 358 g/mol. The number of rotatable bonds is 4. The summed E-state index contributed by atoms with van der Waals surface area (Å²) in [4.78, 5) is 37.1. The fourth-order valence-electron chi connectivity index (χ4n) is 3.39. The fourth-order valence-corrected chi connectivity index (χ4v) is 3.39. The van der Waals surface area contributed by atoms with Crippen LogP contribution in [0.3, 0.4) is 0 Å². The van der Waals surface area contributed by atoms with Crippen molar-refractivity contribution in [3.05, 3.63) is 68.8 Å². The minimum absolute atomic E-state index is 0.0137. The van der Waals surface area contributed by atoms with Gasteiger partial charge in [-0.1, -0.05) is 19.9 Å². The van der Waals surface area contributed by atoms with Gasteiger partial charge in [-0.05, 0) is 48.7 Å². The average molecular weight is 381 g/mol. The van der Waals surface area contributed by atoms with E-state index in [0.717, 1.165) is 12.0 Å². The number of nitrogens with one attached hydrogen (secondary N) is 1. The van der Waals surface area contributed by atoms with Gasteiger partial charge in [0.1, 0.15) is 0 Å². The average Bonchev–Trinajstić information content (AvgIpc) is 2.66. The molecule has 2 aromatic carbocycles. The van der Waals surface area contributed by atoms with Crippen LogP contribution in [0, 0.1) is 23.0 Å². The van der Waals surface area contributed by atoms with E-state index in [-0.39, 0.29) is 23.4 Å². The Labute approximate surface area is 163 Å². The van der Waals surface area contributed by atoms with E-state index in [0.29, 0.717) is 29.9 Å². The highest BCUT2D eigenvalue weighted by molar-refractivity contribution is 6.04. The van der Waals surface area contributed by atoms with E-state index in [2.05, 4.69) is 5.32 Å². The van der Waals surface area contributed by atoms with Crippen molar-refractivity contribution in [2.24, 2.45) is 5.92 Å². The monoisotopic (exact) mass is 381 g/mol. The molecular formula is C21H23N3O4. The van der Waals surface area contributed by atoms with Gasteiger partial charge in [0, 0.05) is 41.9 Å². The first-order valence-corrected chi connectivity index (χ1v) is 9.23. The van der Waals surface area contributed by atoms with Crippen LogP contribution >= 0.6 is 0 Å². The fraction of sp³-hybridized carbons (Fsp3) is 0.333. The number of anilines is 1. The molecule has 1 heterocycles. The van der Waals surface area contributed by atoms with Gasteiger partial charge in [-0.15, -0.1) is 0 Å². The van der Waals surface area contributed by atoms with Crippen molar-refractivity contribution in [1.29, 1.82) is 0 Å². The van der Waals surface area contributed by atoms with Gasteiger partial charge in [-0.3, -0.25) is 19.7 Å². The Bertz CT molecular complexity index is 953. The molecule has 1 aliphatic heterocycles. The second-order valence-corrected chi connectivity index (χ2v) is 7.36. The number of aryl methyl sites for hydroxylation is 1. The Morgan fingerprint density at radius 3 is 2.54 bits per heavy atom. The highest BCUT2D eigenvalue weighted by Crippen LogP contribution is 2.25. The number of nitro groups is 1. The lowest BCUT2D eigenvalue weighted by Gasteiger charge is -2.30. The van der Waals surface area contributed by atoms with Gasteiger partial charge >= 0.3 is 0 Å². The molecule has 0 spiro atoms. The van der Waals surface area contributed by atoms with E-state index in [9.17, 15) is 19.7 Å². The third-order valence-electron chi connectivity index (χ3n) is 4.94. The Balaban J connectivity index is 1.76. The Morgan fingerprint density at radius 2 is 1.89 bits per heavy atom. The van der Waals surface area contributed by atoms with E-state index in [1.165, 1.54) is 23.8 Å². The summed E-state index contributed by atoms with van der Waals surface area (Å²) in [5.74, 6) is -0.250. The van der Waals surface area contributed by atoms with Crippen LogP contribution in [-0.2, 0) is 17.8 Å². The minimum atomic E-state index is -0.468. The Kier molecular flexibility index (Phi) is 5.44. The highest BCUT2D eigenvalue weighted by Gasteiger charge is 2.23. The summed E-state index contributed by atoms with van der Waals surface area (Å²) in [6, 6.07) is 10.0. The van der Waals surface area contributed by atoms with Crippen LogP contribution < -0.4 is 5.32 Å². The zero-order valence-electron chi connectivity index (χ0n) is 16.2. The third-order valence-corrected chi connectivity index (χ3v) is 4.94. The van der Waals surface area contributed by atoms with Crippen molar-refractivity contribution < 1.29 is 14.5 Å². The maximum atomic E-state index is 12.5. The van der Waals surface area contributed by atoms with E-state index >= 15 is 0 Å². The molecule has 0 radical (unpaired) electrons. The maximum Gasteiger partial charge on any atom is 0.272 e. The molecule has 0 saturated carbocycles. The van der Waals surface area contributed by atoms with Crippen LogP contribution in [0.2, 0.25) is 0 Å². The van der Waals surface area contributed by atoms with Crippen LogP contribution in [0.4, 0.5) is 11.4 Å². The molecule has 0 saturated heterocycles. The predicted octanol–water partition coefficient (Wildman–Crippen LogP) is 3.70. The molecule has 7 heteroatoms. The number of nitrogens with zero attached hydrogens (tertiary/aromatic N) is 2. The molecule has 2 amide bonds. The highest BCUT2D eigenvalue weighted by atomic mass is 16.6. The van der Waals surface area contributed by atoms with Crippen molar-refractivity contribution >= 4 is 23.2 Å². The van der Waals surface area contributed by atoms with Gasteiger partial charge in [0.05, 0.1) is 4.92 Å². The van der Waals surface area contributed by atoms with Crippen molar-refractivity contribution in [3.63, 3.8) is 0 Å².